The van der Waals surface area contributed by atoms with Crippen molar-refractivity contribution >= 4 is 21.7 Å². The fourth-order valence-electron chi connectivity index (χ4n) is 6.62. The van der Waals surface area contributed by atoms with Crippen molar-refractivity contribution < 1.29 is 58.2 Å². The summed E-state index contributed by atoms with van der Waals surface area (Å²) >= 11 is 0. The predicted octanol–water partition coefficient (Wildman–Crippen LogP) is 5.59. The number of fused-ring (bicyclic) bond motifs is 3. The number of likely N-dealkylation sites (tertiary alicyclic amines) is 1. The van der Waals surface area contributed by atoms with Crippen molar-refractivity contribution in [3.63, 3.8) is 0 Å². The Morgan fingerprint density at radius 2 is 1.50 bits per heavy atom. The number of carboxylic acid groups (broad SMARTS) is 1. The van der Waals surface area contributed by atoms with Crippen LogP contribution in [0.1, 0.15) is 48.8 Å². The van der Waals surface area contributed by atoms with E-state index in [1.165, 1.54) is 0 Å². The van der Waals surface area contributed by atoms with E-state index in [9.17, 15) is 58.2 Å². The number of carbonyl (C=O) groups excluding carboxylic acids is 1. The topological polar surface area (TPSA) is 91.8 Å². The summed E-state index contributed by atoms with van der Waals surface area (Å²) in [4.78, 5) is 26.4. The van der Waals surface area contributed by atoms with Crippen LogP contribution in [0.25, 0.3) is 0 Å². The highest BCUT2D eigenvalue weighted by molar-refractivity contribution is 7.92. The van der Waals surface area contributed by atoms with E-state index in [2.05, 4.69) is 0 Å². The number of sulfone groups is 1. The Morgan fingerprint density at radius 3 is 2.00 bits per heavy atom. The van der Waals surface area contributed by atoms with Crippen LogP contribution in [0.4, 0.5) is 35.1 Å². The van der Waals surface area contributed by atoms with Gasteiger partial charge in [-0.1, -0.05) is 24.6 Å². The van der Waals surface area contributed by atoms with Crippen LogP contribution < -0.4 is 0 Å². The van der Waals surface area contributed by atoms with Crippen LogP contribution in [-0.4, -0.2) is 55.2 Å². The van der Waals surface area contributed by atoms with Gasteiger partial charge in [0.1, 0.15) is 16.0 Å². The summed E-state index contributed by atoms with van der Waals surface area (Å²) in [5.41, 5.74) is -9.83. The first-order valence-corrected chi connectivity index (χ1v) is 14.3. The fraction of sp³-hybridized carbons (Fsp3) is 0.481. The molecule has 2 atom stereocenters. The van der Waals surface area contributed by atoms with Gasteiger partial charge in [0.2, 0.25) is 5.91 Å². The van der Waals surface area contributed by atoms with Crippen molar-refractivity contribution in [1.29, 1.82) is 0 Å². The first-order valence-electron chi connectivity index (χ1n) is 12.9. The van der Waals surface area contributed by atoms with Crippen LogP contribution in [-0.2, 0) is 36.3 Å². The molecule has 1 heterocycles. The van der Waals surface area contributed by atoms with Gasteiger partial charge in [-0.2, -0.15) is 26.3 Å². The molecule has 0 spiro atoms. The van der Waals surface area contributed by atoms with E-state index < -0.39 is 72.2 Å². The Morgan fingerprint density at radius 1 is 0.905 bits per heavy atom. The number of hydrogen-bond donors (Lipinski definition) is 1. The van der Waals surface area contributed by atoms with Crippen LogP contribution in [0, 0.1) is 11.2 Å². The van der Waals surface area contributed by atoms with Crippen LogP contribution in [0.2, 0.25) is 0 Å². The average Bonchev–Trinajstić information content (AvgIpc) is 3.27. The number of alkyl halides is 7. The third-order valence-corrected chi connectivity index (χ3v) is 11.5. The third kappa shape index (κ3) is 3.90. The molecule has 1 amide bonds. The second-order valence-electron chi connectivity index (χ2n) is 10.9. The minimum atomic E-state index is -6.39. The van der Waals surface area contributed by atoms with Crippen molar-refractivity contribution in [2.75, 3.05) is 6.54 Å². The van der Waals surface area contributed by atoms with Gasteiger partial charge in [-0.15, -0.1) is 0 Å². The summed E-state index contributed by atoms with van der Waals surface area (Å²) in [7, 11) is -4.66. The van der Waals surface area contributed by atoms with Crippen molar-refractivity contribution in [2.45, 2.75) is 72.2 Å². The Balaban J connectivity index is 1.71. The highest BCUT2D eigenvalue weighted by Crippen LogP contribution is 2.57. The lowest BCUT2D eigenvalue weighted by atomic mass is 9.67. The van der Waals surface area contributed by atoms with E-state index in [1.54, 1.807) is 0 Å². The predicted molar refractivity (Wildman–Crippen MR) is 129 cm³/mol. The van der Waals surface area contributed by atoms with E-state index in [-0.39, 0.29) is 55.8 Å². The molecule has 3 aliphatic rings. The molecule has 5 rings (SSSR count). The van der Waals surface area contributed by atoms with Gasteiger partial charge in [-0.3, -0.25) is 9.59 Å². The molecule has 6 nitrogen and oxygen atoms in total. The van der Waals surface area contributed by atoms with Crippen molar-refractivity contribution in [3.05, 3.63) is 65.0 Å². The zero-order valence-corrected chi connectivity index (χ0v) is 22.3. The summed E-state index contributed by atoms with van der Waals surface area (Å²) in [6.07, 6.45) is -13.3. The maximum Gasteiger partial charge on any atom is 0.435 e. The molecule has 2 aromatic rings. The average molecular weight is 626 g/mol. The summed E-state index contributed by atoms with van der Waals surface area (Å²) in [6, 6.07) is 3.61. The molecule has 0 unspecified atom stereocenters. The van der Waals surface area contributed by atoms with Crippen LogP contribution >= 0.6 is 0 Å². The third-order valence-electron chi connectivity index (χ3n) is 8.96. The quantitative estimate of drug-likeness (QED) is 0.266. The van der Waals surface area contributed by atoms with Crippen molar-refractivity contribution in [3.8, 4) is 0 Å². The number of aryl methyl sites for hydroxylation is 1. The molecule has 0 bridgehead atoms. The zero-order chi connectivity index (χ0) is 31.1. The molecule has 228 valence electrons. The second-order valence-corrected chi connectivity index (χ2v) is 13.1. The molecule has 1 aliphatic heterocycles. The maximum atomic E-state index is 14.9. The minimum absolute atomic E-state index is 0.00944. The molecule has 1 N–H and O–H groups in total. The molecule has 1 saturated heterocycles. The van der Waals surface area contributed by atoms with Gasteiger partial charge in [0.05, 0.1) is 10.9 Å². The van der Waals surface area contributed by atoms with Crippen LogP contribution in [0.5, 0.6) is 0 Å². The zero-order valence-electron chi connectivity index (χ0n) is 21.5. The Kier molecular flexibility index (Phi) is 6.76. The lowest BCUT2D eigenvalue weighted by Gasteiger charge is -2.46. The Labute approximate surface area is 234 Å². The maximum absolute atomic E-state index is 14.9. The Bertz CT molecular complexity index is 1540. The number of hydrogen-bond acceptors (Lipinski definition) is 4. The number of nitrogens with zero attached hydrogens (tertiary/aromatic N) is 1. The fourth-order valence-corrected chi connectivity index (χ4v) is 8.99. The van der Waals surface area contributed by atoms with Crippen molar-refractivity contribution in [2.24, 2.45) is 5.41 Å². The smallest absolute Gasteiger partial charge is 0.435 e. The summed E-state index contributed by atoms with van der Waals surface area (Å²) in [5.74, 6) is -3.01. The van der Waals surface area contributed by atoms with Crippen LogP contribution in [0.15, 0.2) is 47.4 Å². The molecule has 2 aromatic carbocycles. The van der Waals surface area contributed by atoms with Gasteiger partial charge in [0.25, 0.3) is 0 Å². The lowest BCUT2D eigenvalue weighted by Crippen LogP contribution is -2.58. The van der Waals surface area contributed by atoms with Gasteiger partial charge >= 0.3 is 24.0 Å². The summed E-state index contributed by atoms with van der Waals surface area (Å²) in [5, 5.41) is 9.81. The van der Waals surface area contributed by atoms with E-state index in [1.807, 2.05) is 0 Å². The molecule has 15 heteroatoms. The largest absolute Gasteiger partial charge is 0.480 e. The molecule has 2 aliphatic carbocycles. The number of carboxylic acids is 1. The van der Waals surface area contributed by atoms with Gasteiger partial charge in [-0.25, -0.2) is 17.2 Å². The van der Waals surface area contributed by atoms with E-state index in [0.29, 0.717) is 18.6 Å². The van der Waals surface area contributed by atoms with Gasteiger partial charge in [-0.05, 0) is 67.5 Å². The van der Waals surface area contributed by atoms with Crippen molar-refractivity contribution in [1.82, 2.24) is 4.90 Å². The molecule has 2 fully saturated rings. The summed E-state index contributed by atoms with van der Waals surface area (Å²) < 4.78 is 136. The Hall–Kier alpha value is -3.23. The van der Waals surface area contributed by atoms with E-state index in [0.717, 1.165) is 29.2 Å². The molecule has 1 saturated carbocycles. The molecular formula is C27H23F8NO5S. The monoisotopic (exact) mass is 625 g/mol. The highest BCUT2D eigenvalue weighted by atomic mass is 32.2. The number of amides is 1. The number of carbonyl (C=O) groups is 2. The number of aliphatic carboxylic acids is 1. The normalized spacial score (nSPS) is 24.0. The van der Waals surface area contributed by atoms with E-state index in [4.69, 9.17) is 0 Å². The second kappa shape index (κ2) is 9.38. The first kappa shape index (κ1) is 30.2. The van der Waals surface area contributed by atoms with Gasteiger partial charge in [0, 0.05) is 12.1 Å². The molecular weight excluding hydrogens is 602 g/mol. The lowest BCUT2D eigenvalue weighted by molar-refractivity contribution is -0.348. The SMILES string of the molecule is O=C(O)C1(C(=O)N2CC[C@]3(S(=O)(=O)c4ccc(F)cc4)c4ccc(C(F)(C(F)(F)F)C(F)(F)F)cc4CC[C@H]23)CCC1. The molecule has 0 aromatic heterocycles. The van der Waals surface area contributed by atoms with E-state index >= 15 is 0 Å². The van der Waals surface area contributed by atoms with Crippen LogP contribution in [0.3, 0.4) is 0 Å². The first-order chi connectivity index (χ1) is 19.3. The summed E-state index contributed by atoms with van der Waals surface area (Å²) in [6.45, 7) is -0.279. The number of rotatable bonds is 5. The highest BCUT2D eigenvalue weighted by Gasteiger charge is 2.74. The van der Waals surface area contributed by atoms with Gasteiger partial charge < -0.3 is 10.0 Å². The molecule has 42 heavy (non-hydrogen) atoms. The standard InChI is InChI=1S/C27H23F8NO5S/c28-17-4-6-18(7-5-17)42(40,41)24-12-13-36(21(37)23(22(38)39)10-1-11-23)20(24)9-2-15-14-16(3-8-19(15)24)25(29,26(30,31)32)27(33,34)35/h3-8,14,20H,1-2,9-13H2,(H,38,39)/t20-,24-/m0/s1. The number of halogens is 8. The van der Waals surface area contributed by atoms with Gasteiger partial charge in [0.15, 0.2) is 9.84 Å². The minimum Gasteiger partial charge on any atom is -0.480 e. The number of benzene rings is 2. The molecule has 0 radical (unpaired) electrons.